The molecular formula is C22H16N2S4. The number of para-hydroxylation sites is 2. The Kier molecular flexibility index (Phi) is 6.78. The standard InChI is InChI=1S/C22H16N2S4/c1-3-11-21(19(9-1)23-15-17-7-5-13-25-17)27-28-22-12-4-2-10-20(22)24-16-18-8-6-14-26-18/h1-16H. The Morgan fingerprint density at radius 2 is 1.04 bits per heavy atom. The van der Waals surface area contributed by atoms with Gasteiger partial charge < -0.3 is 0 Å². The SMILES string of the molecule is C(=Nc1ccccc1SSc1ccccc1N=Cc1cccs1)c1cccs1. The highest BCUT2D eigenvalue weighted by Gasteiger charge is 2.06. The van der Waals surface area contributed by atoms with Crippen molar-refractivity contribution in [1.82, 2.24) is 0 Å². The van der Waals surface area contributed by atoms with Gasteiger partial charge >= 0.3 is 0 Å². The molecular weight excluding hydrogens is 421 g/mol. The van der Waals surface area contributed by atoms with E-state index in [2.05, 4.69) is 45.0 Å². The zero-order chi connectivity index (χ0) is 19.0. The molecule has 0 spiro atoms. The lowest BCUT2D eigenvalue weighted by molar-refractivity contribution is 1.38. The lowest BCUT2D eigenvalue weighted by atomic mass is 10.3. The molecule has 138 valence electrons. The molecule has 0 bridgehead atoms. The second-order valence-electron chi connectivity index (χ2n) is 5.65. The summed E-state index contributed by atoms with van der Waals surface area (Å²) in [7, 11) is 3.42. The van der Waals surface area contributed by atoms with Crippen LogP contribution in [0.4, 0.5) is 11.4 Å². The first-order valence-electron chi connectivity index (χ1n) is 8.56. The fraction of sp³-hybridized carbons (Fsp3) is 0. The molecule has 6 heteroatoms. The number of thiophene rings is 2. The maximum absolute atomic E-state index is 4.68. The van der Waals surface area contributed by atoms with Gasteiger partial charge in [0.05, 0.1) is 11.4 Å². The van der Waals surface area contributed by atoms with Gasteiger partial charge in [0.15, 0.2) is 0 Å². The van der Waals surface area contributed by atoms with Gasteiger partial charge in [0.25, 0.3) is 0 Å². The van der Waals surface area contributed by atoms with E-state index < -0.39 is 0 Å². The highest BCUT2D eigenvalue weighted by molar-refractivity contribution is 8.76. The third-order valence-corrected chi connectivity index (χ3v) is 7.77. The van der Waals surface area contributed by atoms with Gasteiger partial charge in [0.2, 0.25) is 0 Å². The van der Waals surface area contributed by atoms with E-state index >= 15 is 0 Å². The summed E-state index contributed by atoms with van der Waals surface area (Å²) in [6.07, 6.45) is 3.85. The maximum Gasteiger partial charge on any atom is 0.0774 e. The molecule has 28 heavy (non-hydrogen) atoms. The zero-order valence-corrected chi connectivity index (χ0v) is 18.0. The van der Waals surface area contributed by atoms with Gasteiger partial charge in [-0.25, -0.2) is 0 Å². The second-order valence-corrected chi connectivity index (χ2v) is 9.82. The molecule has 0 radical (unpaired) electrons. The maximum atomic E-state index is 4.68. The van der Waals surface area contributed by atoms with Crippen LogP contribution in [0.5, 0.6) is 0 Å². The molecule has 0 N–H and O–H groups in total. The third-order valence-electron chi connectivity index (χ3n) is 3.70. The Balaban J connectivity index is 1.50. The summed E-state index contributed by atoms with van der Waals surface area (Å²) < 4.78 is 0. The van der Waals surface area contributed by atoms with Crippen LogP contribution in [0.25, 0.3) is 0 Å². The fourth-order valence-corrected chi connectivity index (χ4v) is 5.77. The Morgan fingerprint density at radius 3 is 1.46 bits per heavy atom. The van der Waals surface area contributed by atoms with E-state index in [9.17, 15) is 0 Å². The normalized spacial score (nSPS) is 11.6. The van der Waals surface area contributed by atoms with E-state index in [1.165, 1.54) is 0 Å². The molecule has 4 aromatic rings. The molecule has 4 rings (SSSR count). The fourth-order valence-electron chi connectivity index (χ4n) is 2.35. The Bertz CT molecular complexity index is 980. The van der Waals surface area contributed by atoms with Crippen molar-refractivity contribution >= 4 is 68.1 Å². The summed E-state index contributed by atoms with van der Waals surface area (Å²) in [5.41, 5.74) is 1.96. The molecule has 0 atom stereocenters. The molecule has 0 saturated heterocycles. The van der Waals surface area contributed by atoms with Crippen LogP contribution in [0.2, 0.25) is 0 Å². The summed E-state index contributed by atoms with van der Waals surface area (Å²) in [4.78, 5) is 13.9. The van der Waals surface area contributed by atoms with Crippen LogP contribution >= 0.6 is 44.3 Å². The van der Waals surface area contributed by atoms with Crippen molar-refractivity contribution < 1.29 is 0 Å². The number of aliphatic imine (C=N–C) groups is 2. The van der Waals surface area contributed by atoms with E-state index in [4.69, 9.17) is 0 Å². The topological polar surface area (TPSA) is 24.7 Å². The van der Waals surface area contributed by atoms with E-state index in [0.717, 1.165) is 30.9 Å². The monoisotopic (exact) mass is 436 g/mol. The highest BCUT2D eigenvalue weighted by Crippen LogP contribution is 2.44. The smallest absolute Gasteiger partial charge is 0.0774 e. The van der Waals surface area contributed by atoms with Crippen molar-refractivity contribution in [3.05, 3.63) is 93.3 Å². The van der Waals surface area contributed by atoms with Crippen LogP contribution in [-0.4, -0.2) is 12.4 Å². The summed E-state index contributed by atoms with van der Waals surface area (Å²) in [6, 6.07) is 24.7. The predicted molar refractivity (Wildman–Crippen MR) is 128 cm³/mol. The van der Waals surface area contributed by atoms with Crippen LogP contribution in [0.3, 0.4) is 0 Å². The highest BCUT2D eigenvalue weighted by atomic mass is 33.1. The minimum Gasteiger partial charge on any atom is -0.254 e. The van der Waals surface area contributed by atoms with Crippen LogP contribution in [-0.2, 0) is 0 Å². The minimum absolute atomic E-state index is 0.980. The van der Waals surface area contributed by atoms with Gasteiger partial charge in [0.1, 0.15) is 0 Å². The van der Waals surface area contributed by atoms with Crippen molar-refractivity contribution in [2.24, 2.45) is 9.98 Å². The van der Waals surface area contributed by atoms with Crippen LogP contribution in [0.1, 0.15) is 9.75 Å². The number of rotatable bonds is 7. The van der Waals surface area contributed by atoms with Crippen molar-refractivity contribution in [2.75, 3.05) is 0 Å². The van der Waals surface area contributed by atoms with Crippen molar-refractivity contribution in [3.63, 3.8) is 0 Å². The van der Waals surface area contributed by atoms with Crippen LogP contribution in [0, 0.1) is 0 Å². The van der Waals surface area contributed by atoms with Gasteiger partial charge in [-0.1, -0.05) is 58.0 Å². The largest absolute Gasteiger partial charge is 0.254 e. The molecule has 0 saturated carbocycles. The lowest BCUT2D eigenvalue weighted by Gasteiger charge is -2.06. The number of hydrogen-bond acceptors (Lipinski definition) is 6. The van der Waals surface area contributed by atoms with Crippen molar-refractivity contribution in [2.45, 2.75) is 9.79 Å². The Hall–Kier alpha value is -2.12. The van der Waals surface area contributed by atoms with Crippen LogP contribution < -0.4 is 0 Å². The molecule has 2 heterocycles. The molecule has 0 fully saturated rings. The molecule has 2 aromatic carbocycles. The van der Waals surface area contributed by atoms with E-state index in [1.54, 1.807) is 44.3 Å². The first-order chi connectivity index (χ1) is 13.9. The quantitative estimate of drug-likeness (QED) is 0.216. The molecule has 2 nitrogen and oxygen atoms in total. The van der Waals surface area contributed by atoms with Crippen LogP contribution in [0.15, 0.2) is 103 Å². The predicted octanol–water partition coefficient (Wildman–Crippen LogP) is 8.11. The molecule has 0 aliphatic heterocycles. The summed E-state index contributed by atoms with van der Waals surface area (Å²) in [5.74, 6) is 0. The van der Waals surface area contributed by atoms with Gasteiger partial charge in [0, 0.05) is 32.0 Å². The third kappa shape index (κ3) is 5.23. The molecule has 0 aliphatic rings. The van der Waals surface area contributed by atoms with E-state index in [1.807, 2.05) is 61.0 Å². The molecule has 0 aliphatic carbocycles. The lowest BCUT2D eigenvalue weighted by Crippen LogP contribution is -1.77. The van der Waals surface area contributed by atoms with E-state index in [-0.39, 0.29) is 0 Å². The summed E-state index contributed by atoms with van der Waals surface area (Å²) in [5, 5.41) is 4.12. The molecule has 2 aromatic heterocycles. The zero-order valence-electron chi connectivity index (χ0n) is 14.8. The average molecular weight is 437 g/mol. The Labute approximate surface area is 180 Å². The van der Waals surface area contributed by atoms with Gasteiger partial charge in [-0.2, -0.15) is 0 Å². The molecule has 0 unspecified atom stereocenters. The van der Waals surface area contributed by atoms with Gasteiger partial charge in [-0.3, -0.25) is 9.98 Å². The minimum atomic E-state index is 0.980. The first kappa shape index (κ1) is 19.2. The van der Waals surface area contributed by atoms with Gasteiger partial charge in [-0.15, -0.1) is 22.7 Å². The molecule has 0 amide bonds. The number of benzene rings is 2. The summed E-state index contributed by atoms with van der Waals surface area (Å²) >= 11 is 3.38. The Morgan fingerprint density at radius 1 is 0.571 bits per heavy atom. The second kappa shape index (κ2) is 9.89. The van der Waals surface area contributed by atoms with Crippen molar-refractivity contribution in [3.8, 4) is 0 Å². The summed E-state index contributed by atoms with van der Waals surface area (Å²) in [6.45, 7) is 0. The average Bonchev–Trinajstić information content (AvgIpc) is 3.44. The van der Waals surface area contributed by atoms with E-state index in [0.29, 0.717) is 0 Å². The van der Waals surface area contributed by atoms with Crippen molar-refractivity contribution in [1.29, 1.82) is 0 Å². The van der Waals surface area contributed by atoms with Gasteiger partial charge in [-0.05, 0) is 47.2 Å². The number of hydrogen-bond donors (Lipinski definition) is 0. The number of nitrogens with zero attached hydrogens (tertiary/aromatic N) is 2. The first-order valence-corrected chi connectivity index (χ1v) is 12.5.